The number of carbonyl (C=O) groups excluding carboxylic acids is 1. The summed E-state index contributed by atoms with van der Waals surface area (Å²) in [5.74, 6) is 0.261. The average molecular weight is 244 g/mol. The predicted octanol–water partition coefficient (Wildman–Crippen LogP) is 2.27. The molecule has 0 aromatic carbocycles. The first kappa shape index (κ1) is 13.4. The molecule has 0 fully saturated rings. The zero-order valence-corrected chi connectivity index (χ0v) is 10.7. The van der Waals surface area contributed by atoms with Gasteiger partial charge in [0.15, 0.2) is 5.78 Å². The van der Waals surface area contributed by atoms with Crippen LogP contribution < -0.4 is 0 Å². The maximum Gasteiger partial charge on any atom is 0.158 e. The molecule has 1 aliphatic carbocycles. The van der Waals surface area contributed by atoms with Crippen LogP contribution in [0.15, 0.2) is 11.6 Å². The standard InChI is InChI=1S/C12H20O3S/c1-16(14,15)10-6-9-12(13)11-7-4-2-3-5-8-11/h7H,2-6,8-10H2,1H3. The zero-order valence-electron chi connectivity index (χ0n) is 9.87. The van der Waals surface area contributed by atoms with Crippen LogP contribution in [0.1, 0.15) is 44.9 Å². The van der Waals surface area contributed by atoms with Gasteiger partial charge < -0.3 is 0 Å². The van der Waals surface area contributed by atoms with E-state index in [9.17, 15) is 13.2 Å². The van der Waals surface area contributed by atoms with Gasteiger partial charge in [-0.1, -0.05) is 12.5 Å². The Morgan fingerprint density at radius 2 is 2.06 bits per heavy atom. The minimum absolute atomic E-state index is 0.117. The fourth-order valence-electron chi connectivity index (χ4n) is 1.92. The molecule has 1 rings (SSSR count). The summed E-state index contributed by atoms with van der Waals surface area (Å²) in [6.07, 6.45) is 9.39. The SMILES string of the molecule is CS(=O)(=O)CCCC(=O)C1=CCCCCC1. The van der Waals surface area contributed by atoms with E-state index < -0.39 is 9.84 Å². The molecular formula is C12H20O3S. The Bertz CT molecular complexity index is 366. The molecule has 0 saturated heterocycles. The number of sulfone groups is 1. The van der Waals surface area contributed by atoms with E-state index >= 15 is 0 Å². The number of Topliss-reactive ketones (excluding diaryl/α,β-unsaturated/α-hetero) is 1. The Morgan fingerprint density at radius 3 is 2.75 bits per heavy atom. The largest absolute Gasteiger partial charge is 0.295 e. The van der Waals surface area contributed by atoms with Gasteiger partial charge in [0.05, 0.1) is 5.75 Å². The van der Waals surface area contributed by atoms with Crippen molar-refractivity contribution >= 4 is 15.6 Å². The van der Waals surface area contributed by atoms with Crippen molar-refractivity contribution in [3.05, 3.63) is 11.6 Å². The fraction of sp³-hybridized carbons (Fsp3) is 0.750. The first-order chi connectivity index (χ1) is 7.49. The Hall–Kier alpha value is -0.640. The minimum Gasteiger partial charge on any atom is -0.295 e. The van der Waals surface area contributed by atoms with E-state index in [-0.39, 0.29) is 11.5 Å². The predicted molar refractivity (Wildman–Crippen MR) is 65.1 cm³/mol. The molecule has 0 aliphatic heterocycles. The second-order valence-electron chi connectivity index (χ2n) is 4.49. The number of hydrogen-bond acceptors (Lipinski definition) is 3. The Morgan fingerprint density at radius 1 is 1.31 bits per heavy atom. The van der Waals surface area contributed by atoms with Crippen LogP contribution >= 0.6 is 0 Å². The lowest BCUT2D eigenvalue weighted by atomic mass is 10.0. The van der Waals surface area contributed by atoms with Crippen LogP contribution in [0, 0.1) is 0 Å². The first-order valence-corrected chi connectivity index (χ1v) is 7.95. The Kier molecular flexibility index (Phi) is 5.19. The highest BCUT2D eigenvalue weighted by atomic mass is 32.2. The molecule has 3 nitrogen and oxygen atoms in total. The summed E-state index contributed by atoms with van der Waals surface area (Å²) < 4.78 is 21.8. The molecule has 0 heterocycles. The first-order valence-electron chi connectivity index (χ1n) is 5.89. The van der Waals surface area contributed by atoms with Crippen molar-refractivity contribution in [2.45, 2.75) is 44.9 Å². The highest BCUT2D eigenvalue weighted by Gasteiger charge is 2.12. The van der Waals surface area contributed by atoms with E-state index in [1.54, 1.807) is 0 Å². The van der Waals surface area contributed by atoms with E-state index in [1.807, 2.05) is 6.08 Å². The van der Waals surface area contributed by atoms with Crippen LogP contribution in [0.2, 0.25) is 0 Å². The van der Waals surface area contributed by atoms with Crippen molar-refractivity contribution in [3.63, 3.8) is 0 Å². The van der Waals surface area contributed by atoms with Crippen LogP contribution in [0.5, 0.6) is 0 Å². The van der Waals surface area contributed by atoms with Gasteiger partial charge in [-0.05, 0) is 37.7 Å². The minimum atomic E-state index is -2.93. The molecule has 0 atom stereocenters. The van der Waals surface area contributed by atoms with Crippen molar-refractivity contribution in [3.8, 4) is 0 Å². The molecular weight excluding hydrogens is 224 g/mol. The number of carbonyl (C=O) groups is 1. The summed E-state index contributed by atoms with van der Waals surface area (Å²) in [5.41, 5.74) is 0.922. The van der Waals surface area contributed by atoms with Crippen molar-refractivity contribution in [1.29, 1.82) is 0 Å². The molecule has 4 heteroatoms. The number of allylic oxidation sites excluding steroid dienone is 2. The summed E-state index contributed by atoms with van der Waals surface area (Å²) in [5, 5.41) is 0. The van der Waals surface area contributed by atoms with Gasteiger partial charge in [-0.15, -0.1) is 0 Å². The fourth-order valence-corrected chi connectivity index (χ4v) is 2.59. The van der Waals surface area contributed by atoms with Crippen molar-refractivity contribution in [1.82, 2.24) is 0 Å². The van der Waals surface area contributed by atoms with Gasteiger partial charge in [0, 0.05) is 12.7 Å². The lowest BCUT2D eigenvalue weighted by molar-refractivity contribution is -0.115. The highest BCUT2D eigenvalue weighted by Crippen LogP contribution is 2.19. The molecule has 0 spiro atoms. The molecule has 0 aromatic heterocycles. The molecule has 0 aromatic rings. The van der Waals surface area contributed by atoms with Crippen molar-refractivity contribution in [2.75, 3.05) is 12.0 Å². The van der Waals surface area contributed by atoms with E-state index in [1.165, 1.54) is 19.1 Å². The number of rotatable bonds is 5. The summed E-state index contributed by atoms with van der Waals surface area (Å²) >= 11 is 0. The van der Waals surface area contributed by atoms with E-state index in [2.05, 4.69) is 0 Å². The van der Waals surface area contributed by atoms with Gasteiger partial charge in [0.2, 0.25) is 0 Å². The third-order valence-electron chi connectivity index (χ3n) is 2.82. The molecule has 0 unspecified atom stereocenters. The highest BCUT2D eigenvalue weighted by molar-refractivity contribution is 7.90. The summed E-state index contributed by atoms with van der Waals surface area (Å²) in [7, 11) is -2.93. The lowest BCUT2D eigenvalue weighted by Gasteiger charge is -2.03. The van der Waals surface area contributed by atoms with Crippen LogP contribution in [-0.2, 0) is 14.6 Å². The normalized spacial score (nSPS) is 17.7. The Labute approximate surface area is 97.8 Å². The zero-order chi connectivity index (χ0) is 12.0. The van der Waals surface area contributed by atoms with Crippen LogP contribution in [-0.4, -0.2) is 26.2 Å². The topological polar surface area (TPSA) is 51.2 Å². The van der Waals surface area contributed by atoms with Gasteiger partial charge in [-0.2, -0.15) is 0 Å². The average Bonchev–Trinajstić information content (AvgIpc) is 2.43. The molecule has 1 aliphatic rings. The maximum atomic E-state index is 11.8. The van der Waals surface area contributed by atoms with Gasteiger partial charge in [0.25, 0.3) is 0 Å². The summed E-state index contributed by atoms with van der Waals surface area (Å²) in [6.45, 7) is 0. The second kappa shape index (κ2) is 6.18. The maximum absolute atomic E-state index is 11.8. The third-order valence-corrected chi connectivity index (χ3v) is 3.85. The van der Waals surface area contributed by atoms with E-state index in [0.717, 1.165) is 24.8 Å². The monoisotopic (exact) mass is 244 g/mol. The molecule has 0 N–H and O–H groups in total. The van der Waals surface area contributed by atoms with Gasteiger partial charge >= 0.3 is 0 Å². The second-order valence-corrected chi connectivity index (χ2v) is 6.75. The third kappa shape index (κ3) is 5.45. The summed E-state index contributed by atoms with van der Waals surface area (Å²) in [6, 6.07) is 0. The van der Waals surface area contributed by atoms with Crippen LogP contribution in [0.3, 0.4) is 0 Å². The quantitative estimate of drug-likeness (QED) is 0.745. The van der Waals surface area contributed by atoms with Gasteiger partial charge in [-0.3, -0.25) is 4.79 Å². The number of hydrogen-bond donors (Lipinski definition) is 0. The molecule has 0 saturated carbocycles. The molecule has 16 heavy (non-hydrogen) atoms. The van der Waals surface area contributed by atoms with Gasteiger partial charge in [-0.25, -0.2) is 8.42 Å². The summed E-state index contributed by atoms with van der Waals surface area (Å²) in [4.78, 5) is 11.8. The molecule has 92 valence electrons. The van der Waals surface area contributed by atoms with E-state index in [4.69, 9.17) is 0 Å². The Balaban J connectivity index is 2.37. The molecule has 0 amide bonds. The number of ketones is 1. The van der Waals surface area contributed by atoms with Crippen molar-refractivity contribution < 1.29 is 13.2 Å². The van der Waals surface area contributed by atoms with Crippen LogP contribution in [0.25, 0.3) is 0 Å². The smallest absolute Gasteiger partial charge is 0.158 e. The molecule has 0 radical (unpaired) electrons. The lowest BCUT2D eigenvalue weighted by Crippen LogP contribution is -2.08. The van der Waals surface area contributed by atoms with Gasteiger partial charge in [0.1, 0.15) is 9.84 Å². The van der Waals surface area contributed by atoms with Crippen LogP contribution in [0.4, 0.5) is 0 Å². The molecule has 0 bridgehead atoms. The van der Waals surface area contributed by atoms with Crippen molar-refractivity contribution in [2.24, 2.45) is 0 Å². The van der Waals surface area contributed by atoms with E-state index in [0.29, 0.717) is 12.8 Å².